The van der Waals surface area contributed by atoms with E-state index in [0.29, 0.717) is 12.2 Å². The quantitative estimate of drug-likeness (QED) is 0.853. The summed E-state index contributed by atoms with van der Waals surface area (Å²) in [4.78, 5) is 5.43. The molecule has 96 valence electrons. The van der Waals surface area contributed by atoms with Crippen LogP contribution in [-0.4, -0.2) is 21.9 Å². The van der Waals surface area contributed by atoms with Gasteiger partial charge in [-0.2, -0.15) is 0 Å². The van der Waals surface area contributed by atoms with Crippen molar-refractivity contribution in [3.05, 3.63) is 45.4 Å². The molecular weight excluding hydrogens is 286 g/mol. The number of aliphatic hydroxyl groups excluding tert-OH is 1. The molecule has 2 nitrogen and oxygen atoms in total. The molecule has 1 unspecified atom stereocenters. The molecule has 1 atom stereocenters. The van der Waals surface area contributed by atoms with E-state index in [1.165, 1.54) is 0 Å². The minimum atomic E-state index is -0.379. The van der Waals surface area contributed by atoms with Crippen LogP contribution in [0.3, 0.4) is 0 Å². The van der Waals surface area contributed by atoms with Gasteiger partial charge in [0.1, 0.15) is 0 Å². The SMILES string of the molecule is Cc1nc(CC(O)CSc2cccc(Cl)c2)cs1. The highest BCUT2D eigenvalue weighted by atomic mass is 35.5. The fraction of sp³-hybridized carbons (Fsp3) is 0.308. The number of nitrogens with zero attached hydrogens (tertiary/aromatic N) is 1. The number of aliphatic hydroxyl groups is 1. The lowest BCUT2D eigenvalue weighted by molar-refractivity contribution is 0.199. The lowest BCUT2D eigenvalue weighted by Crippen LogP contribution is -2.13. The lowest BCUT2D eigenvalue weighted by Gasteiger charge is -2.08. The van der Waals surface area contributed by atoms with Gasteiger partial charge in [-0.25, -0.2) is 4.98 Å². The van der Waals surface area contributed by atoms with Gasteiger partial charge in [-0.15, -0.1) is 23.1 Å². The Morgan fingerprint density at radius 2 is 2.33 bits per heavy atom. The number of hydrogen-bond donors (Lipinski definition) is 1. The second-order valence-corrected chi connectivity index (χ2v) is 6.58. The molecule has 5 heteroatoms. The molecule has 2 rings (SSSR count). The molecule has 1 heterocycles. The summed E-state index contributed by atoms with van der Waals surface area (Å²) in [6.07, 6.45) is 0.230. The summed E-state index contributed by atoms with van der Waals surface area (Å²) in [5.41, 5.74) is 0.969. The highest BCUT2D eigenvalue weighted by Gasteiger charge is 2.09. The first kappa shape index (κ1) is 13.9. The molecule has 0 radical (unpaired) electrons. The topological polar surface area (TPSA) is 33.1 Å². The third-order valence-corrected chi connectivity index (χ3v) is 4.55. The molecule has 1 aromatic heterocycles. The number of aromatic nitrogens is 1. The van der Waals surface area contributed by atoms with Crippen molar-refractivity contribution in [1.82, 2.24) is 4.98 Å². The van der Waals surface area contributed by atoms with Crippen molar-refractivity contribution >= 4 is 34.7 Å². The Labute approximate surface area is 120 Å². The van der Waals surface area contributed by atoms with Crippen molar-refractivity contribution in [2.45, 2.75) is 24.3 Å². The van der Waals surface area contributed by atoms with E-state index in [1.54, 1.807) is 23.1 Å². The van der Waals surface area contributed by atoms with Gasteiger partial charge in [0.2, 0.25) is 0 Å². The fourth-order valence-electron chi connectivity index (χ4n) is 1.55. The summed E-state index contributed by atoms with van der Waals surface area (Å²) in [5.74, 6) is 0.650. The summed E-state index contributed by atoms with van der Waals surface area (Å²) in [7, 11) is 0. The van der Waals surface area contributed by atoms with Gasteiger partial charge in [0.15, 0.2) is 0 Å². The van der Waals surface area contributed by atoms with E-state index in [-0.39, 0.29) is 6.10 Å². The van der Waals surface area contributed by atoms with Gasteiger partial charge in [0, 0.05) is 27.5 Å². The maximum absolute atomic E-state index is 9.95. The second kappa shape index (κ2) is 6.57. The van der Waals surface area contributed by atoms with Crippen molar-refractivity contribution < 1.29 is 5.11 Å². The second-order valence-electron chi connectivity index (χ2n) is 3.98. The minimum Gasteiger partial charge on any atom is -0.392 e. The average molecular weight is 300 g/mol. The van der Waals surface area contributed by atoms with Gasteiger partial charge in [0.25, 0.3) is 0 Å². The lowest BCUT2D eigenvalue weighted by atomic mass is 10.2. The first-order chi connectivity index (χ1) is 8.63. The molecule has 0 aliphatic heterocycles. The minimum absolute atomic E-state index is 0.379. The highest BCUT2D eigenvalue weighted by Crippen LogP contribution is 2.23. The third kappa shape index (κ3) is 4.28. The summed E-state index contributed by atoms with van der Waals surface area (Å²) >= 11 is 9.13. The summed E-state index contributed by atoms with van der Waals surface area (Å²) in [5, 5.41) is 13.7. The molecule has 0 aliphatic carbocycles. The van der Waals surface area contributed by atoms with Crippen LogP contribution in [0.5, 0.6) is 0 Å². The molecule has 0 fully saturated rings. The van der Waals surface area contributed by atoms with Crippen LogP contribution in [0.4, 0.5) is 0 Å². The Morgan fingerprint density at radius 1 is 1.50 bits per heavy atom. The van der Waals surface area contributed by atoms with E-state index < -0.39 is 0 Å². The van der Waals surface area contributed by atoms with Crippen LogP contribution in [0.15, 0.2) is 34.5 Å². The molecule has 1 N–H and O–H groups in total. The number of rotatable bonds is 5. The van der Waals surface area contributed by atoms with Gasteiger partial charge >= 0.3 is 0 Å². The first-order valence-electron chi connectivity index (χ1n) is 5.61. The van der Waals surface area contributed by atoms with E-state index in [2.05, 4.69) is 4.98 Å². The smallest absolute Gasteiger partial charge is 0.0897 e. The van der Waals surface area contributed by atoms with Gasteiger partial charge in [-0.05, 0) is 25.1 Å². The molecule has 0 bridgehead atoms. The van der Waals surface area contributed by atoms with Crippen molar-refractivity contribution in [2.24, 2.45) is 0 Å². The Bertz CT molecular complexity index is 515. The van der Waals surface area contributed by atoms with Crippen molar-refractivity contribution in [3.63, 3.8) is 0 Å². The molecule has 1 aromatic carbocycles. The maximum Gasteiger partial charge on any atom is 0.0897 e. The predicted octanol–water partition coefficient (Wildman–Crippen LogP) is 3.80. The van der Waals surface area contributed by atoms with Crippen LogP contribution in [-0.2, 0) is 6.42 Å². The zero-order chi connectivity index (χ0) is 13.0. The Balaban J connectivity index is 1.83. The maximum atomic E-state index is 9.95. The highest BCUT2D eigenvalue weighted by molar-refractivity contribution is 7.99. The number of halogens is 1. The van der Waals surface area contributed by atoms with E-state index >= 15 is 0 Å². The molecule has 2 aromatic rings. The van der Waals surface area contributed by atoms with Crippen LogP contribution in [0.1, 0.15) is 10.7 Å². The monoisotopic (exact) mass is 299 g/mol. The number of aryl methyl sites for hydroxylation is 1. The molecule has 0 saturated carbocycles. The number of thiazole rings is 1. The van der Waals surface area contributed by atoms with Crippen LogP contribution in [0.25, 0.3) is 0 Å². The molecule has 0 amide bonds. The van der Waals surface area contributed by atoms with E-state index in [9.17, 15) is 5.11 Å². The zero-order valence-electron chi connectivity index (χ0n) is 9.97. The van der Waals surface area contributed by atoms with Gasteiger partial charge in [-0.3, -0.25) is 0 Å². The van der Waals surface area contributed by atoms with Crippen LogP contribution < -0.4 is 0 Å². The molecule has 0 spiro atoms. The average Bonchev–Trinajstić information content (AvgIpc) is 2.72. The van der Waals surface area contributed by atoms with E-state index in [1.807, 2.05) is 36.6 Å². The van der Waals surface area contributed by atoms with Gasteiger partial charge < -0.3 is 5.11 Å². The van der Waals surface area contributed by atoms with Crippen LogP contribution in [0.2, 0.25) is 5.02 Å². The third-order valence-electron chi connectivity index (χ3n) is 2.35. The number of benzene rings is 1. The normalized spacial score (nSPS) is 12.6. The van der Waals surface area contributed by atoms with E-state index in [4.69, 9.17) is 11.6 Å². The summed E-state index contributed by atoms with van der Waals surface area (Å²) < 4.78 is 0. The first-order valence-corrected chi connectivity index (χ1v) is 7.85. The molecule has 0 saturated heterocycles. The van der Waals surface area contributed by atoms with Crippen molar-refractivity contribution in [2.75, 3.05) is 5.75 Å². The van der Waals surface area contributed by atoms with Gasteiger partial charge in [0.05, 0.1) is 16.8 Å². The van der Waals surface area contributed by atoms with Gasteiger partial charge in [-0.1, -0.05) is 17.7 Å². The number of thioether (sulfide) groups is 1. The molecular formula is C13H14ClNOS2. The molecule has 0 aliphatic rings. The van der Waals surface area contributed by atoms with Crippen LogP contribution >= 0.6 is 34.7 Å². The van der Waals surface area contributed by atoms with Crippen molar-refractivity contribution in [1.29, 1.82) is 0 Å². The zero-order valence-corrected chi connectivity index (χ0v) is 12.4. The standard InChI is InChI=1S/C13H14ClNOS2/c1-9-15-11(7-17-9)6-12(16)8-18-13-4-2-3-10(14)5-13/h2-5,7,12,16H,6,8H2,1H3. The Morgan fingerprint density at radius 3 is 3.00 bits per heavy atom. The Hall–Kier alpha value is -0.550. The fourth-order valence-corrected chi connectivity index (χ4v) is 3.32. The van der Waals surface area contributed by atoms with E-state index in [0.717, 1.165) is 20.6 Å². The molecule has 18 heavy (non-hydrogen) atoms. The summed E-state index contributed by atoms with van der Waals surface area (Å²) in [6, 6.07) is 7.67. The Kier molecular flexibility index (Phi) is 5.06. The number of hydrogen-bond acceptors (Lipinski definition) is 4. The van der Waals surface area contributed by atoms with Crippen molar-refractivity contribution in [3.8, 4) is 0 Å². The van der Waals surface area contributed by atoms with Crippen LogP contribution in [0, 0.1) is 6.92 Å². The summed E-state index contributed by atoms with van der Waals surface area (Å²) in [6.45, 7) is 1.97. The largest absolute Gasteiger partial charge is 0.392 e. The predicted molar refractivity (Wildman–Crippen MR) is 78.7 cm³/mol.